The van der Waals surface area contributed by atoms with Crippen LogP contribution < -0.4 is 9.47 Å². The molecule has 0 radical (unpaired) electrons. The highest BCUT2D eigenvalue weighted by atomic mass is 19.1. The number of rotatable bonds is 5. The largest absolute Gasteiger partial charge is 0.497 e. The van der Waals surface area contributed by atoms with Crippen LogP contribution in [0.1, 0.15) is 25.5 Å². The first kappa shape index (κ1) is 15.4. The standard InChI is InChI=1S/C19H20FNO2/c1-13(2)21-11-14(18-10-15(20)4-9-19(18)21)12-23-17-7-5-16(22-3)6-8-17/h4-11,13H,12H2,1-3H3. The van der Waals surface area contributed by atoms with Gasteiger partial charge in [0, 0.05) is 28.7 Å². The number of halogens is 1. The van der Waals surface area contributed by atoms with Crippen molar-refractivity contribution in [3.05, 3.63) is 60.0 Å². The number of hydrogen-bond acceptors (Lipinski definition) is 2. The van der Waals surface area contributed by atoms with Crippen molar-refractivity contribution in [2.45, 2.75) is 26.5 Å². The van der Waals surface area contributed by atoms with Gasteiger partial charge in [0.25, 0.3) is 0 Å². The summed E-state index contributed by atoms with van der Waals surface area (Å²) in [6.45, 7) is 4.61. The molecule has 0 spiro atoms. The number of fused-ring (bicyclic) bond motifs is 1. The van der Waals surface area contributed by atoms with Gasteiger partial charge in [-0.05, 0) is 56.3 Å². The predicted molar refractivity (Wildman–Crippen MR) is 89.6 cm³/mol. The number of nitrogens with zero attached hydrogens (tertiary/aromatic N) is 1. The molecule has 3 rings (SSSR count). The number of benzene rings is 2. The van der Waals surface area contributed by atoms with Crippen LogP contribution in [0.2, 0.25) is 0 Å². The summed E-state index contributed by atoms with van der Waals surface area (Å²) >= 11 is 0. The molecule has 120 valence electrons. The van der Waals surface area contributed by atoms with Gasteiger partial charge in [-0.15, -0.1) is 0 Å². The van der Waals surface area contributed by atoms with E-state index in [4.69, 9.17) is 9.47 Å². The van der Waals surface area contributed by atoms with Crippen LogP contribution in [0.5, 0.6) is 11.5 Å². The molecule has 0 fully saturated rings. The van der Waals surface area contributed by atoms with E-state index >= 15 is 0 Å². The maximum atomic E-state index is 13.6. The molecule has 0 bridgehead atoms. The van der Waals surface area contributed by atoms with Gasteiger partial charge in [-0.25, -0.2) is 4.39 Å². The summed E-state index contributed by atoms with van der Waals surface area (Å²) in [5, 5.41) is 0.896. The Labute approximate surface area is 135 Å². The Morgan fingerprint density at radius 1 is 1.04 bits per heavy atom. The average molecular weight is 313 g/mol. The first-order valence-corrected chi connectivity index (χ1v) is 7.64. The minimum atomic E-state index is -0.232. The van der Waals surface area contributed by atoms with Crippen LogP contribution in [0.15, 0.2) is 48.7 Å². The van der Waals surface area contributed by atoms with Crippen LogP contribution in [0.4, 0.5) is 4.39 Å². The van der Waals surface area contributed by atoms with E-state index < -0.39 is 0 Å². The summed E-state index contributed by atoms with van der Waals surface area (Å²) in [6, 6.07) is 12.6. The first-order valence-electron chi connectivity index (χ1n) is 7.64. The molecule has 0 saturated carbocycles. The number of hydrogen-bond donors (Lipinski definition) is 0. The number of aromatic nitrogens is 1. The lowest BCUT2D eigenvalue weighted by molar-refractivity contribution is 0.306. The Bertz CT molecular complexity index is 806. The van der Waals surface area contributed by atoms with Crippen molar-refractivity contribution in [2.75, 3.05) is 7.11 Å². The molecule has 0 aliphatic rings. The van der Waals surface area contributed by atoms with Crippen molar-refractivity contribution in [3.63, 3.8) is 0 Å². The van der Waals surface area contributed by atoms with E-state index in [-0.39, 0.29) is 5.82 Å². The van der Waals surface area contributed by atoms with Crippen LogP contribution in [0.25, 0.3) is 10.9 Å². The minimum Gasteiger partial charge on any atom is -0.497 e. The van der Waals surface area contributed by atoms with Gasteiger partial charge < -0.3 is 14.0 Å². The fraction of sp³-hybridized carbons (Fsp3) is 0.263. The van der Waals surface area contributed by atoms with E-state index in [0.717, 1.165) is 28.0 Å². The summed E-state index contributed by atoms with van der Waals surface area (Å²) in [5.41, 5.74) is 2.00. The van der Waals surface area contributed by atoms with Gasteiger partial charge in [-0.1, -0.05) is 0 Å². The molecule has 3 nitrogen and oxygen atoms in total. The van der Waals surface area contributed by atoms with Gasteiger partial charge >= 0.3 is 0 Å². The van der Waals surface area contributed by atoms with E-state index in [9.17, 15) is 4.39 Å². The summed E-state index contributed by atoms with van der Waals surface area (Å²) in [6.07, 6.45) is 2.04. The van der Waals surface area contributed by atoms with Crippen molar-refractivity contribution in [2.24, 2.45) is 0 Å². The Morgan fingerprint density at radius 3 is 2.39 bits per heavy atom. The second kappa shape index (κ2) is 6.32. The summed E-state index contributed by atoms with van der Waals surface area (Å²) in [4.78, 5) is 0. The highest BCUT2D eigenvalue weighted by Gasteiger charge is 2.12. The Balaban J connectivity index is 1.88. The second-order valence-corrected chi connectivity index (χ2v) is 5.78. The topological polar surface area (TPSA) is 23.4 Å². The number of ether oxygens (including phenoxy) is 2. The van der Waals surface area contributed by atoms with E-state index in [2.05, 4.69) is 18.4 Å². The fourth-order valence-corrected chi connectivity index (χ4v) is 2.67. The van der Waals surface area contributed by atoms with E-state index in [0.29, 0.717) is 12.6 Å². The van der Waals surface area contributed by atoms with Crippen molar-refractivity contribution >= 4 is 10.9 Å². The number of methoxy groups -OCH3 is 1. The highest BCUT2D eigenvalue weighted by molar-refractivity contribution is 5.84. The molecule has 0 aliphatic heterocycles. The summed E-state index contributed by atoms with van der Waals surface area (Å²) < 4.78 is 26.7. The molecule has 4 heteroatoms. The van der Waals surface area contributed by atoms with Crippen LogP contribution in [0, 0.1) is 5.82 Å². The molecule has 1 heterocycles. The molecule has 3 aromatic rings. The van der Waals surface area contributed by atoms with Gasteiger partial charge in [0.15, 0.2) is 0 Å². The second-order valence-electron chi connectivity index (χ2n) is 5.78. The maximum Gasteiger partial charge on any atom is 0.123 e. The van der Waals surface area contributed by atoms with Crippen LogP contribution in [0.3, 0.4) is 0 Å². The van der Waals surface area contributed by atoms with Crippen LogP contribution >= 0.6 is 0 Å². The van der Waals surface area contributed by atoms with Gasteiger partial charge in [-0.3, -0.25) is 0 Å². The highest BCUT2D eigenvalue weighted by Crippen LogP contribution is 2.27. The monoisotopic (exact) mass is 313 g/mol. The average Bonchev–Trinajstić information content (AvgIpc) is 2.91. The molecular weight excluding hydrogens is 293 g/mol. The molecular formula is C19H20FNO2. The third-order valence-corrected chi connectivity index (χ3v) is 3.89. The molecule has 0 aliphatic carbocycles. The molecule has 2 aromatic carbocycles. The molecule has 0 amide bonds. The third kappa shape index (κ3) is 3.16. The van der Waals surface area contributed by atoms with Crippen molar-refractivity contribution in [3.8, 4) is 11.5 Å². The van der Waals surface area contributed by atoms with E-state index in [1.807, 2.05) is 36.5 Å². The lowest BCUT2D eigenvalue weighted by Crippen LogP contribution is -1.98. The van der Waals surface area contributed by atoms with Gasteiger partial charge in [-0.2, -0.15) is 0 Å². The first-order chi connectivity index (χ1) is 11.1. The Hall–Kier alpha value is -2.49. The zero-order valence-electron chi connectivity index (χ0n) is 13.5. The fourth-order valence-electron chi connectivity index (χ4n) is 2.67. The van der Waals surface area contributed by atoms with E-state index in [1.165, 1.54) is 6.07 Å². The molecule has 0 atom stereocenters. The molecule has 0 unspecified atom stereocenters. The lowest BCUT2D eigenvalue weighted by Gasteiger charge is -2.08. The predicted octanol–water partition coefficient (Wildman–Crippen LogP) is 4.95. The van der Waals surface area contributed by atoms with Crippen molar-refractivity contribution < 1.29 is 13.9 Å². The van der Waals surface area contributed by atoms with Crippen molar-refractivity contribution in [1.29, 1.82) is 0 Å². The van der Waals surface area contributed by atoms with Gasteiger partial charge in [0.05, 0.1) is 7.11 Å². The quantitative estimate of drug-likeness (QED) is 0.665. The normalized spacial score (nSPS) is 11.2. The minimum absolute atomic E-state index is 0.232. The Morgan fingerprint density at radius 2 is 1.74 bits per heavy atom. The van der Waals surface area contributed by atoms with E-state index in [1.54, 1.807) is 13.2 Å². The molecule has 0 saturated heterocycles. The summed E-state index contributed by atoms with van der Waals surface area (Å²) in [5.74, 6) is 1.31. The summed E-state index contributed by atoms with van der Waals surface area (Å²) in [7, 11) is 1.63. The van der Waals surface area contributed by atoms with Crippen LogP contribution in [-0.4, -0.2) is 11.7 Å². The third-order valence-electron chi connectivity index (χ3n) is 3.89. The molecule has 23 heavy (non-hydrogen) atoms. The maximum absolute atomic E-state index is 13.6. The SMILES string of the molecule is COc1ccc(OCc2cn(C(C)C)c3ccc(F)cc23)cc1. The van der Waals surface area contributed by atoms with Crippen molar-refractivity contribution in [1.82, 2.24) is 4.57 Å². The zero-order valence-corrected chi connectivity index (χ0v) is 13.5. The molecule has 0 N–H and O–H groups in total. The lowest BCUT2D eigenvalue weighted by atomic mass is 10.2. The van der Waals surface area contributed by atoms with Gasteiger partial charge in [0.1, 0.15) is 23.9 Å². The molecule has 1 aromatic heterocycles. The van der Waals surface area contributed by atoms with Gasteiger partial charge in [0.2, 0.25) is 0 Å². The van der Waals surface area contributed by atoms with Crippen LogP contribution in [-0.2, 0) is 6.61 Å². The smallest absolute Gasteiger partial charge is 0.123 e. The Kier molecular flexibility index (Phi) is 4.24. The zero-order chi connectivity index (χ0) is 16.4.